The summed E-state index contributed by atoms with van der Waals surface area (Å²) in [5.41, 5.74) is 2.85. The minimum atomic E-state index is 0.783. The van der Waals surface area contributed by atoms with Crippen molar-refractivity contribution in [1.82, 2.24) is 5.32 Å². The van der Waals surface area contributed by atoms with Crippen molar-refractivity contribution in [2.45, 2.75) is 31.4 Å². The molecule has 2 aliphatic rings. The zero-order valence-electron chi connectivity index (χ0n) is 11.0. The van der Waals surface area contributed by atoms with E-state index in [-0.39, 0.29) is 0 Å². The van der Waals surface area contributed by atoms with Crippen LogP contribution >= 0.6 is 11.8 Å². The third-order valence-electron chi connectivity index (χ3n) is 4.03. The van der Waals surface area contributed by atoms with Crippen molar-refractivity contribution < 1.29 is 0 Å². The summed E-state index contributed by atoms with van der Waals surface area (Å²) in [6.07, 6.45) is 6.25. The Hall–Kier alpha value is -0.730. The quantitative estimate of drug-likeness (QED) is 0.869. The van der Waals surface area contributed by atoms with Crippen molar-refractivity contribution in [3.63, 3.8) is 0 Å². The van der Waals surface area contributed by atoms with E-state index in [4.69, 9.17) is 0 Å². The van der Waals surface area contributed by atoms with Crippen molar-refractivity contribution in [2.24, 2.45) is 5.92 Å². The van der Waals surface area contributed by atoms with E-state index in [1.807, 2.05) is 0 Å². The molecular weight excluding hydrogens is 238 g/mol. The van der Waals surface area contributed by atoms with E-state index in [2.05, 4.69) is 54.3 Å². The number of rotatable bonds is 2. The minimum Gasteiger partial charge on any atom is -0.317 e. The molecule has 1 N–H and O–H groups in total. The second kappa shape index (κ2) is 5.50. The van der Waals surface area contributed by atoms with Crippen molar-refractivity contribution in [3.05, 3.63) is 41.5 Å². The van der Waals surface area contributed by atoms with Gasteiger partial charge in [0.2, 0.25) is 0 Å². The molecule has 2 unspecified atom stereocenters. The van der Waals surface area contributed by atoms with Gasteiger partial charge < -0.3 is 5.32 Å². The highest BCUT2D eigenvalue weighted by Gasteiger charge is 2.29. The summed E-state index contributed by atoms with van der Waals surface area (Å²) in [6.45, 7) is 4.58. The Labute approximate surface area is 114 Å². The van der Waals surface area contributed by atoms with Crippen LogP contribution in [-0.4, -0.2) is 18.3 Å². The van der Waals surface area contributed by atoms with Crippen molar-refractivity contribution in [2.75, 3.05) is 13.1 Å². The first kappa shape index (κ1) is 12.3. The van der Waals surface area contributed by atoms with Gasteiger partial charge in [-0.05, 0) is 49.4 Å². The summed E-state index contributed by atoms with van der Waals surface area (Å²) >= 11 is 2.10. The molecule has 96 valence electrons. The van der Waals surface area contributed by atoms with Crippen LogP contribution in [0.15, 0.2) is 30.3 Å². The first-order chi connectivity index (χ1) is 8.86. The molecule has 1 aromatic rings. The van der Waals surface area contributed by atoms with Crippen LogP contribution in [0.1, 0.15) is 30.9 Å². The first-order valence-corrected chi connectivity index (χ1v) is 7.93. The highest BCUT2D eigenvalue weighted by atomic mass is 32.2. The highest BCUT2D eigenvalue weighted by molar-refractivity contribution is 8.09. The van der Waals surface area contributed by atoms with Gasteiger partial charge in [0.05, 0.1) is 0 Å². The van der Waals surface area contributed by atoms with Gasteiger partial charge in [0.15, 0.2) is 0 Å². The number of thioether (sulfide) groups is 1. The minimum absolute atomic E-state index is 0.783. The Morgan fingerprint density at radius 3 is 2.72 bits per heavy atom. The molecule has 1 nitrogen and oxygen atoms in total. The second-order valence-corrected chi connectivity index (χ2v) is 6.51. The third kappa shape index (κ3) is 2.50. The van der Waals surface area contributed by atoms with Gasteiger partial charge in [-0.15, -0.1) is 11.8 Å². The Morgan fingerprint density at radius 2 is 1.94 bits per heavy atom. The number of hydrogen-bond acceptors (Lipinski definition) is 2. The number of hydrogen-bond donors (Lipinski definition) is 1. The summed E-state index contributed by atoms with van der Waals surface area (Å²) < 4.78 is 0. The fourth-order valence-corrected chi connectivity index (χ4v) is 4.32. The largest absolute Gasteiger partial charge is 0.317 e. The zero-order chi connectivity index (χ0) is 12.4. The summed E-state index contributed by atoms with van der Waals surface area (Å²) in [5, 5.41) is 4.31. The molecule has 3 rings (SSSR count). The van der Waals surface area contributed by atoms with Crippen LogP contribution < -0.4 is 5.32 Å². The van der Waals surface area contributed by atoms with Crippen LogP contribution in [0.4, 0.5) is 0 Å². The van der Waals surface area contributed by atoms with Gasteiger partial charge in [0, 0.05) is 10.2 Å². The monoisotopic (exact) mass is 259 g/mol. The predicted octanol–water partition coefficient (Wildman–Crippen LogP) is 3.70. The molecule has 0 spiro atoms. The Kier molecular flexibility index (Phi) is 3.76. The van der Waals surface area contributed by atoms with Crippen molar-refractivity contribution >= 4 is 16.7 Å². The molecule has 0 aliphatic carbocycles. The lowest BCUT2D eigenvalue weighted by molar-refractivity contribution is 0.599. The lowest BCUT2D eigenvalue weighted by Crippen LogP contribution is -2.14. The number of allylic oxidation sites excluding steroid dienone is 1. The van der Waals surface area contributed by atoms with E-state index < -0.39 is 0 Å². The van der Waals surface area contributed by atoms with Gasteiger partial charge in [-0.2, -0.15) is 0 Å². The van der Waals surface area contributed by atoms with Gasteiger partial charge in [0.25, 0.3) is 0 Å². The van der Waals surface area contributed by atoms with E-state index in [1.54, 1.807) is 0 Å². The van der Waals surface area contributed by atoms with Crippen molar-refractivity contribution in [3.8, 4) is 0 Å². The molecule has 0 bridgehead atoms. The van der Waals surface area contributed by atoms with Crippen LogP contribution in [0.25, 0.3) is 4.91 Å². The predicted molar refractivity (Wildman–Crippen MR) is 80.8 cm³/mol. The van der Waals surface area contributed by atoms with Gasteiger partial charge in [-0.3, -0.25) is 0 Å². The SMILES string of the molecule is CCc1ccc(C2=CC3CCNCCC3S2)cc1. The van der Waals surface area contributed by atoms with Crippen LogP contribution in [0.2, 0.25) is 0 Å². The lowest BCUT2D eigenvalue weighted by Gasteiger charge is -2.13. The molecule has 0 radical (unpaired) electrons. The number of benzene rings is 1. The van der Waals surface area contributed by atoms with Crippen LogP contribution in [0.3, 0.4) is 0 Å². The van der Waals surface area contributed by atoms with E-state index in [9.17, 15) is 0 Å². The van der Waals surface area contributed by atoms with Crippen LogP contribution in [0.5, 0.6) is 0 Å². The molecule has 0 amide bonds. The van der Waals surface area contributed by atoms with Crippen molar-refractivity contribution in [1.29, 1.82) is 0 Å². The number of fused-ring (bicyclic) bond motifs is 1. The van der Waals surface area contributed by atoms with Crippen LogP contribution in [-0.2, 0) is 6.42 Å². The Morgan fingerprint density at radius 1 is 1.17 bits per heavy atom. The molecule has 1 fully saturated rings. The maximum atomic E-state index is 3.50. The smallest absolute Gasteiger partial charge is 0.0170 e. The Bertz CT molecular complexity index is 435. The fraction of sp³-hybridized carbons (Fsp3) is 0.500. The summed E-state index contributed by atoms with van der Waals surface area (Å²) in [4.78, 5) is 1.51. The molecule has 0 aromatic heterocycles. The third-order valence-corrected chi connectivity index (χ3v) is 5.54. The topological polar surface area (TPSA) is 12.0 Å². The molecule has 1 saturated heterocycles. The highest BCUT2D eigenvalue weighted by Crippen LogP contribution is 2.45. The van der Waals surface area contributed by atoms with E-state index in [0.717, 1.165) is 17.6 Å². The summed E-state index contributed by atoms with van der Waals surface area (Å²) in [5.74, 6) is 0.783. The standard InChI is InChI=1S/C16H21NS/c1-2-12-3-5-13(6-4-12)16-11-14-7-9-17-10-8-15(14)18-16/h3-6,11,14-15,17H,2,7-10H2,1H3. The number of aryl methyl sites for hydroxylation is 1. The second-order valence-electron chi connectivity index (χ2n) is 5.23. The van der Waals surface area contributed by atoms with E-state index in [0.29, 0.717) is 0 Å². The first-order valence-electron chi connectivity index (χ1n) is 7.05. The van der Waals surface area contributed by atoms with Crippen LogP contribution in [0, 0.1) is 5.92 Å². The summed E-state index contributed by atoms with van der Waals surface area (Å²) in [6, 6.07) is 9.13. The average Bonchev–Trinajstić information content (AvgIpc) is 2.70. The molecular formula is C16H21NS. The van der Waals surface area contributed by atoms with Gasteiger partial charge in [0.1, 0.15) is 0 Å². The lowest BCUT2D eigenvalue weighted by atomic mass is 9.99. The molecule has 1 aromatic carbocycles. The van der Waals surface area contributed by atoms with E-state index >= 15 is 0 Å². The van der Waals surface area contributed by atoms with Gasteiger partial charge in [-0.1, -0.05) is 37.3 Å². The van der Waals surface area contributed by atoms with E-state index in [1.165, 1.54) is 42.0 Å². The fourth-order valence-electron chi connectivity index (χ4n) is 2.84. The molecule has 2 atom stereocenters. The maximum absolute atomic E-state index is 3.50. The zero-order valence-corrected chi connectivity index (χ0v) is 11.8. The van der Waals surface area contributed by atoms with Gasteiger partial charge >= 0.3 is 0 Å². The summed E-state index contributed by atoms with van der Waals surface area (Å²) in [7, 11) is 0. The normalized spacial score (nSPS) is 27.5. The Balaban J connectivity index is 1.78. The molecule has 2 aliphatic heterocycles. The van der Waals surface area contributed by atoms with Gasteiger partial charge in [-0.25, -0.2) is 0 Å². The molecule has 2 heterocycles. The molecule has 0 saturated carbocycles. The average molecular weight is 259 g/mol. The molecule has 2 heteroatoms. The number of nitrogens with one attached hydrogen (secondary N) is 1. The molecule has 18 heavy (non-hydrogen) atoms. The maximum Gasteiger partial charge on any atom is 0.0170 e.